The van der Waals surface area contributed by atoms with E-state index in [0.29, 0.717) is 26.7 Å². The van der Waals surface area contributed by atoms with Crippen LogP contribution in [0, 0.1) is 13.7 Å². The first-order valence-electron chi connectivity index (χ1n) is 6.68. The Hall–Kier alpha value is -2.27. The van der Waals surface area contributed by atoms with Crippen LogP contribution in [0.2, 0.25) is 0 Å². The van der Waals surface area contributed by atoms with Gasteiger partial charge in [-0.15, -0.1) is 0 Å². The molecule has 1 aromatic heterocycles. The molecule has 122 valence electrons. The zero-order chi connectivity index (χ0) is 17.3. The number of fused-ring (bicyclic) bond motifs is 1. The average Bonchev–Trinajstić information content (AvgIpc) is 2.96. The van der Waals surface area contributed by atoms with Crippen molar-refractivity contribution in [2.75, 3.05) is 12.4 Å². The predicted molar refractivity (Wildman–Crippen MR) is 99.9 cm³/mol. The van der Waals surface area contributed by atoms with Crippen molar-refractivity contribution in [3.05, 3.63) is 55.6 Å². The maximum absolute atomic E-state index is 12.2. The number of hydrogen-bond donors (Lipinski definition) is 1. The van der Waals surface area contributed by atoms with Crippen molar-refractivity contribution in [3.63, 3.8) is 0 Å². The van der Waals surface area contributed by atoms with Gasteiger partial charge < -0.3 is 4.74 Å². The molecule has 0 aliphatic carbocycles. The molecule has 3 rings (SSSR count). The van der Waals surface area contributed by atoms with Crippen molar-refractivity contribution in [1.82, 2.24) is 4.98 Å². The summed E-state index contributed by atoms with van der Waals surface area (Å²) in [6.45, 7) is 0. The standard InChI is InChI=1S/C15H10IN3O4S/c1-23-11-6-10(19(21)22)7-12-13(11)17-15(24-12)18-14(20)8-2-4-9(16)5-3-8/h2-7H,1H3,(H,17,18,20). The second-order valence-corrected chi connectivity index (χ2v) is 7.01. The summed E-state index contributed by atoms with van der Waals surface area (Å²) in [4.78, 5) is 27.0. The number of amides is 1. The van der Waals surface area contributed by atoms with Crippen molar-refractivity contribution >= 4 is 60.9 Å². The van der Waals surface area contributed by atoms with E-state index < -0.39 is 4.92 Å². The summed E-state index contributed by atoms with van der Waals surface area (Å²) in [6.07, 6.45) is 0. The fourth-order valence-electron chi connectivity index (χ4n) is 2.07. The Morgan fingerprint density at radius 1 is 1.33 bits per heavy atom. The lowest BCUT2D eigenvalue weighted by atomic mass is 10.2. The summed E-state index contributed by atoms with van der Waals surface area (Å²) in [6, 6.07) is 9.83. The maximum Gasteiger partial charge on any atom is 0.274 e. The van der Waals surface area contributed by atoms with E-state index in [0.717, 1.165) is 14.9 Å². The van der Waals surface area contributed by atoms with Gasteiger partial charge in [-0.3, -0.25) is 20.2 Å². The van der Waals surface area contributed by atoms with Gasteiger partial charge in [0, 0.05) is 15.2 Å². The van der Waals surface area contributed by atoms with Gasteiger partial charge in [0.05, 0.1) is 22.8 Å². The number of methoxy groups -OCH3 is 1. The van der Waals surface area contributed by atoms with E-state index in [1.807, 2.05) is 12.1 Å². The van der Waals surface area contributed by atoms with E-state index >= 15 is 0 Å². The number of rotatable bonds is 4. The number of anilines is 1. The van der Waals surface area contributed by atoms with Crippen LogP contribution in [0.5, 0.6) is 5.75 Å². The van der Waals surface area contributed by atoms with Crippen LogP contribution in [0.4, 0.5) is 10.8 Å². The van der Waals surface area contributed by atoms with Crippen molar-refractivity contribution in [3.8, 4) is 5.75 Å². The van der Waals surface area contributed by atoms with E-state index in [9.17, 15) is 14.9 Å². The van der Waals surface area contributed by atoms with E-state index in [-0.39, 0.29) is 11.6 Å². The number of aromatic nitrogens is 1. The molecular weight excluding hydrogens is 445 g/mol. The summed E-state index contributed by atoms with van der Waals surface area (Å²) >= 11 is 3.31. The number of nitro benzene ring substituents is 1. The van der Waals surface area contributed by atoms with Crippen LogP contribution in [0.25, 0.3) is 10.2 Å². The number of nitrogens with zero attached hydrogens (tertiary/aromatic N) is 2. The molecule has 24 heavy (non-hydrogen) atoms. The van der Waals surface area contributed by atoms with Crippen LogP contribution < -0.4 is 10.1 Å². The molecule has 0 atom stereocenters. The van der Waals surface area contributed by atoms with Crippen LogP contribution >= 0.6 is 33.9 Å². The molecule has 0 bridgehead atoms. The third kappa shape index (κ3) is 3.31. The fourth-order valence-corrected chi connectivity index (χ4v) is 3.34. The maximum atomic E-state index is 12.2. The van der Waals surface area contributed by atoms with Crippen molar-refractivity contribution in [2.24, 2.45) is 0 Å². The molecule has 0 saturated carbocycles. The molecule has 1 N–H and O–H groups in total. The number of carbonyl (C=O) groups is 1. The monoisotopic (exact) mass is 455 g/mol. The minimum Gasteiger partial charge on any atom is -0.494 e. The van der Waals surface area contributed by atoms with Crippen LogP contribution in [-0.4, -0.2) is 22.9 Å². The predicted octanol–water partition coefficient (Wildman–Crippen LogP) is 4.07. The first-order valence-corrected chi connectivity index (χ1v) is 8.57. The third-order valence-electron chi connectivity index (χ3n) is 3.20. The van der Waals surface area contributed by atoms with Gasteiger partial charge in [-0.1, -0.05) is 11.3 Å². The molecule has 9 heteroatoms. The molecule has 0 spiro atoms. The van der Waals surface area contributed by atoms with E-state index in [1.54, 1.807) is 12.1 Å². The summed E-state index contributed by atoms with van der Waals surface area (Å²) in [5, 5.41) is 14.0. The highest BCUT2D eigenvalue weighted by atomic mass is 127. The fraction of sp³-hybridized carbons (Fsp3) is 0.0667. The number of non-ortho nitro benzene ring substituents is 1. The molecule has 2 aromatic carbocycles. The van der Waals surface area contributed by atoms with Crippen LogP contribution in [0.1, 0.15) is 10.4 Å². The Morgan fingerprint density at radius 2 is 2.04 bits per heavy atom. The lowest BCUT2D eigenvalue weighted by Gasteiger charge is -2.01. The SMILES string of the molecule is COc1cc([N+](=O)[O-])cc2sc(NC(=O)c3ccc(I)cc3)nc12. The number of thiazole rings is 1. The number of hydrogen-bond acceptors (Lipinski definition) is 6. The van der Waals surface area contributed by atoms with Gasteiger partial charge in [0.2, 0.25) is 0 Å². The number of halogens is 1. The summed E-state index contributed by atoms with van der Waals surface area (Å²) < 4.78 is 6.76. The van der Waals surface area contributed by atoms with Crippen LogP contribution in [-0.2, 0) is 0 Å². The molecule has 3 aromatic rings. The van der Waals surface area contributed by atoms with E-state index in [2.05, 4.69) is 32.9 Å². The van der Waals surface area contributed by atoms with Crippen molar-refractivity contribution < 1.29 is 14.5 Å². The normalized spacial score (nSPS) is 10.6. The van der Waals surface area contributed by atoms with Crippen molar-refractivity contribution in [2.45, 2.75) is 0 Å². The Kier molecular flexibility index (Phi) is 4.62. The van der Waals surface area contributed by atoms with E-state index in [4.69, 9.17) is 4.74 Å². The van der Waals surface area contributed by atoms with Crippen LogP contribution in [0.3, 0.4) is 0 Å². The second kappa shape index (κ2) is 6.69. The summed E-state index contributed by atoms with van der Waals surface area (Å²) in [5.41, 5.74) is 0.900. The number of nitro groups is 1. The van der Waals surface area contributed by atoms with E-state index in [1.165, 1.54) is 19.2 Å². The Balaban J connectivity index is 1.94. The highest BCUT2D eigenvalue weighted by Crippen LogP contribution is 2.36. The smallest absolute Gasteiger partial charge is 0.274 e. The Morgan fingerprint density at radius 3 is 2.67 bits per heavy atom. The molecule has 0 radical (unpaired) electrons. The quantitative estimate of drug-likeness (QED) is 0.364. The lowest BCUT2D eigenvalue weighted by Crippen LogP contribution is -2.11. The van der Waals surface area contributed by atoms with Crippen molar-refractivity contribution in [1.29, 1.82) is 0 Å². The van der Waals surface area contributed by atoms with Gasteiger partial charge >= 0.3 is 0 Å². The first kappa shape index (κ1) is 16.6. The molecule has 0 fully saturated rings. The summed E-state index contributed by atoms with van der Waals surface area (Å²) in [7, 11) is 1.42. The van der Waals surface area contributed by atoms with Crippen LogP contribution in [0.15, 0.2) is 36.4 Å². The molecule has 0 unspecified atom stereocenters. The average molecular weight is 455 g/mol. The molecule has 1 heterocycles. The first-order chi connectivity index (χ1) is 11.5. The number of ether oxygens (including phenoxy) is 1. The minimum absolute atomic E-state index is 0.0847. The molecule has 1 amide bonds. The van der Waals surface area contributed by atoms with Gasteiger partial charge in [0.25, 0.3) is 11.6 Å². The molecule has 0 aliphatic rings. The Labute approximate surface area is 153 Å². The molecule has 0 aliphatic heterocycles. The molecular formula is C15H10IN3O4S. The van der Waals surface area contributed by atoms with Gasteiger partial charge in [-0.05, 0) is 46.9 Å². The number of nitrogens with one attached hydrogen (secondary N) is 1. The van der Waals surface area contributed by atoms with Gasteiger partial charge in [-0.25, -0.2) is 4.98 Å². The topological polar surface area (TPSA) is 94.4 Å². The largest absolute Gasteiger partial charge is 0.494 e. The van der Waals surface area contributed by atoms with Gasteiger partial charge in [0.15, 0.2) is 10.9 Å². The summed E-state index contributed by atoms with van der Waals surface area (Å²) in [5.74, 6) is 0.00383. The van der Waals surface area contributed by atoms with Gasteiger partial charge in [-0.2, -0.15) is 0 Å². The number of carbonyl (C=O) groups excluding carboxylic acids is 1. The molecule has 0 saturated heterocycles. The highest BCUT2D eigenvalue weighted by Gasteiger charge is 2.17. The van der Waals surface area contributed by atoms with Gasteiger partial charge in [0.1, 0.15) is 5.52 Å². The molecule has 7 nitrogen and oxygen atoms in total. The second-order valence-electron chi connectivity index (χ2n) is 4.73. The zero-order valence-corrected chi connectivity index (χ0v) is 15.3. The zero-order valence-electron chi connectivity index (χ0n) is 12.3. The number of benzene rings is 2. The Bertz CT molecular complexity index is 940. The lowest BCUT2D eigenvalue weighted by molar-refractivity contribution is -0.384. The minimum atomic E-state index is -0.495. The highest BCUT2D eigenvalue weighted by molar-refractivity contribution is 14.1. The third-order valence-corrected chi connectivity index (χ3v) is 4.84.